The van der Waals surface area contributed by atoms with Crippen LogP contribution in [-0.4, -0.2) is 21.1 Å². The Bertz CT molecular complexity index is 944. The van der Waals surface area contributed by atoms with Crippen LogP contribution in [0.3, 0.4) is 0 Å². The third kappa shape index (κ3) is 1.05. The number of nitrogens with zero attached hydrogens (tertiary/aromatic N) is 2. The molecule has 22 heavy (non-hydrogen) atoms. The lowest BCUT2D eigenvalue weighted by Gasteiger charge is -2.29. The number of para-hydroxylation sites is 1. The number of rotatable bonds is 0. The van der Waals surface area contributed by atoms with Gasteiger partial charge in [0.15, 0.2) is 11.8 Å². The summed E-state index contributed by atoms with van der Waals surface area (Å²) in [6.07, 6.45) is 1.24. The maximum absolute atomic E-state index is 12.9. The maximum Gasteiger partial charge on any atom is 0.317 e. The molecule has 0 saturated heterocycles. The van der Waals surface area contributed by atoms with E-state index in [-0.39, 0.29) is 23.6 Å². The number of aromatic amines is 1. The van der Waals surface area contributed by atoms with E-state index in [1.54, 1.807) is 0 Å². The lowest BCUT2D eigenvalue weighted by Crippen LogP contribution is -2.39. The van der Waals surface area contributed by atoms with Crippen molar-refractivity contribution in [3.63, 3.8) is 0 Å². The topological polar surface area (TPSA) is 119 Å². The van der Waals surface area contributed by atoms with E-state index in [0.29, 0.717) is 16.9 Å². The lowest BCUT2D eigenvalue weighted by molar-refractivity contribution is -0.118. The van der Waals surface area contributed by atoms with Crippen molar-refractivity contribution in [1.29, 1.82) is 0 Å². The number of benzene rings is 1. The van der Waals surface area contributed by atoms with Crippen LogP contribution in [0.15, 0.2) is 35.1 Å². The third-order valence-electron chi connectivity index (χ3n) is 4.14. The standard InChI is InChI=1S/C14H9N5O3/c15-10-8-11(19-18-10)22-12-9(16-5-21-12)14(8)6-3-1-2-4-7(6)17-13(14)20/h1-5H,(H,17,20)(H3,15,18,19). The minimum atomic E-state index is -1.22. The van der Waals surface area contributed by atoms with Gasteiger partial charge >= 0.3 is 5.95 Å². The Kier molecular flexibility index (Phi) is 1.80. The van der Waals surface area contributed by atoms with Crippen LogP contribution >= 0.6 is 0 Å². The fraction of sp³-hybridized carbons (Fsp3) is 0.0714. The number of carbonyl (C=O) groups is 1. The maximum atomic E-state index is 12.9. The van der Waals surface area contributed by atoms with Crippen molar-refractivity contribution >= 4 is 17.4 Å². The van der Waals surface area contributed by atoms with Crippen LogP contribution in [-0.2, 0) is 10.2 Å². The first-order chi connectivity index (χ1) is 10.7. The average Bonchev–Trinajstić information content (AvgIpc) is 3.19. The molecule has 4 N–H and O–H groups in total. The number of carbonyl (C=O) groups excluding carboxylic acids is 1. The number of nitrogens with two attached hydrogens (primary N) is 1. The van der Waals surface area contributed by atoms with Gasteiger partial charge in [0, 0.05) is 11.3 Å². The van der Waals surface area contributed by atoms with Crippen LogP contribution in [0.1, 0.15) is 16.8 Å². The van der Waals surface area contributed by atoms with Crippen LogP contribution in [0, 0.1) is 0 Å². The molecule has 1 amide bonds. The van der Waals surface area contributed by atoms with Gasteiger partial charge in [0.05, 0.1) is 5.56 Å². The number of oxazole rings is 1. The average molecular weight is 295 g/mol. The quantitative estimate of drug-likeness (QED) is 0.576. The Morgan fingerprint density at radius 1 is 1.27 bits per heavy atom. The highest BCUT2D eigenvalue weighted by atomic mass is 16.6. The molecule has 1 atom stereocenters. The predicted molar refractivity (Wildman–Crippen MR) is 74.5 cm³/mol. The van der Waals surface area contributed by atoms with Gasteiger partial charge < -0.3 is 20.2 Å². The second-order valence-electron chi connectivity index (χ2n) is 5.16. The first kappa shape index (κ1) is 11.4. The Balaban J connectivity index is 1.97. The van der Waals surface area contributed by atoms with E-state index in [1.165, 1.54) is 6.39 Å². The Labute approximate surface area is 123 Å². The number of hydrogen-bond acceptors (Lipinski definition) is 6. The molecule has 5 rings (SSSR count). The molecule has 2 aromatic heterocycles. The van der Waals surface area contributed by atoms with Crippen LogP contribution in [0.5, 0.6) is 11.8 Å². The Morgan fingerprint density at radius 2 is 2.14 bits per heavy atom. The van der Waals surface area contributed by atoms with E-state index in [0.717, 1.165) is 5.56 Å². The summed E-state index contributed by atoms with van der Waals surface area (Å²) in [6.45, 7) is 0. The molecule has 108 valence electrons. The molecular formula is C14H9N5O3. The second-order valence-corrected chi connectivity index (χ2v) is 5.16. The molecule has 3 aromatic rings. The molecule has 8 heteroatoms. The summed E-state index contributed by atoms with van der Waals surface area (Å²) < 4.78 is 10.8. The molecule has 4 heterocycles. The lowest BCUT2D eigenvalue weighted by atomic mass is 9.72. The second kappa shape index (κ2) is 3.48. The molecule has 0 fully saturated rings. The number of hydrogen-bond donors (Lipinski definition) is 3. The van der Waals surface area contributed by atoms with E-state index in [1.807, 2.05) is 24.3 Å². The number of amides is 1. The smallest absolute Gasteiger partial charge is 0.317 e. The van der Waals surface area contributed by atoms with Gasteiger partial charge in [-0.1, -0.05) is 18.2 Å². The van der Waals surface area contributed by atoms with Crippen molar-refractivity contribution in [1.82, 2.24) is 15.2 Å². The van der Waals surface area contributed by atoms with E-state index < -0.39 is 5.41 Å². The van der Waals surface area contributed by atoms with E-state index in [9.17, 15) is 4.79 Å². The van der Waals surface area contributed by atoms with Gasteiger partial charge in [-0.15, -0.1) is 5.10 Å². The first-order valence-corrected chi connectivity index (χ1v) is 6.60. The Hall–Kier alpha value is -3.29. The largest absolute Gasteiger partial charge is 0.412 e. The zero-order chi connectivity index (χ0) is 14.9. The monoisotopic (exact) mass is 295 g/mol. The summed E-state index contributed by atoms with van der Waals surface area (Å²) in [6, 6.07) is 7.38. The third-order valence-corrected chi connectivity index (χ3v) is 4.14. The minimum absolute atomic E-state index is 0.144. The van der Waals surface area contributed by atoms with Gasteiger partial charge in [-0.05, 0) is 6.07 Å². The van der Waals surface area contributed by atoms with Gasteiger partial charge in [0.25, 0.3) is 0 Å². The minimum Gasteiger partial charge on any atom is -0.412 e. The van der Waals surface area contributed by atoms with Crippen molar-refractivity contribution in [2.75, 3.05) is 11.1 Å². The van der Waals surface area contributed by atoms with Crippen LogP contribution in [0.4, 0.5) is 11.5 Å². The summed E-state index contributed by atoms with van der Waals surface area (Å²) in [5, 5.41) is 9.55. The molecule has 0 aliphatic carbocycles. The molecule has 1 unspecified atom stereocenters. The zero-order valence-electron chi connectivity index (χ0n) is 11.1. The number of aromatic nitrogens is 3. The molecular weight excluding hydrogens is 286 g/mol. The number of ether oxygens (including phenoxy) is 1. The SMILES string of the molecule is Nc1[nH]nc2c1C1(C(=O)Nc3ccccc31)c1ncoc1O2. The molecule has 0 saturated carbocycles. The van der Waals surface area contributed by atoms with Gasteiger partial charge in [0.2, 0.25) is 11.8 Å². The van der Waals surface area contributed by atoms with Gasteiger partial charge in [-0.25, -0.2) is 4.98 Å². The van der Waals surface area contributed by atoms with Gasteiger partial charge in [0.1, 0.15) is 11.5 Å². The van der Waals surface area contributed by atoms with Crippen LogP contribution < -0.4 is 15.8 Å². The normalized spacial score (nSPS) is 21.0. The van der Waals surface area contributed by atoms with Crippen LogP contribution in [0.25, 0.3) is 0 Å². The summed E-state index contributed by atoms with van der Waals surface area (Å²) >= 11 is 0. The highest BCUT2D eigenvalue weighted by molar-refractivity contribution is 6.12. The van der Waals surface area contributed by atoms with Gasteiger partial charge in [-0.3, -0.25) is 9.89 Å². The highest BCUT2D eigenvalue weighted by Gasteiger charge is 2.59. The molecule has 1 aromatic carbocycles. The van der Waals surface area contributed by atoms with E-state index in [2.05, 4.69) is 20.5 Å². The number of nitrogen functional groups attached to an aromatic ring is 1. The molecule has 2 aliphatic heterocycles. The molecule has 8 nitrogen and oxygen atoms in total. The number of nitrogens with one attached hydrogen (secondary N) is 2. The number of H-pyrrole nitrogens is 1. The van der Waals surface area contributed by atoms with Crippen LogP contribution in [0.2, 0.25) is 0 Å². The molecule has 0 bridgehead atoms. The number of fused-ring (bicyclic) bond motifs is 6. The fourth-order valence-corrected chi connectivity index (χ4v) is 3.28. The van der Waals surface area contributed by atoms with E-state index >= 15 is 0 Å². The molecule has 2 aliphatic rings. The van der Waals surface area contributed by atoms with Crippen molar-refractivity contribution in [2.24, 2.45) is 0 Å². The first-order valence-electron chi connectivity index (χ1n) is 6.60. The fourth-order valence-electron chi connectivity index (χ4n) is 3.28. The predicted octanol–water partition coefficient (Wildman–Crippen LogP) is 1.37. The highest BCUT2D eigenvalue weighted by Crippen LogP contribution is 2.56. The van der Waals surface area contributed by atoms with Crippen molar-refractivity contribution in [3.8, 4) is 11.8 Å². The summed E-state index contributed by atoms with van der Waals surface area (Å²) in [5.74, 6) is 0.358. The summed E-state index contributed by atoms with van der Waals surface area (Å²) in [7, 11) is 0. The van der Waals surface area contributed by atoms with Crippen molar-refractivity contribution in [3.05, 3.63) is 47.5 Å². The van der Waals surface area contributed by atoms with Crippen molar-refractivity contribution < 1.29 is 13.9 Å². The van der Waals surface area contributed by atoms with Crippen molar-refractivity contribution in [2.45, 2.75) is 5.41 Å². The Morgan fingerprint density at radius 3 is 3.05 bits per heavy atom. The number of anilines is 2. The molecule has 0 radical (unpaired) electrons. The molecule has 1 spiro atoms. The van der Waals surface area contributed by atoms with Gasteiger partial charge in [-0.2, -0.15) is 0 Å². The van der Waals surface area contributed by atoms with E-state index in [4.69, 9.17) is 14.9 Å². The summed E-state index contributed by atoms with van der Waals surface area (Å²) in [5.41, 5.74) is 7.08. The zero-order valence-corrected chi connectivity index (χ0v) is 11.1. The summed E-state index contributed by atoms with van der Waals surface area (Å²) in [4.78, 5) is 17.1.